The van der Waals surface area contributed by atoms with Gasteiger partial charge in [-0.1, -0.05) is 11.6 Å². The molecule has 0 aliphatic rings. The summed E-state index contributed by atoms with van der Waals surface area (Å²) in [7, 11) is 1.72. The Bertz CT molecular complexity index is 1120. The summed E-state index contributed by atoms with van der Waals surface area (Å²) in [5, 5.41) is 19.7. The van der Waals surface area contributed by atoms with Crippen molar-refractivity contribution in [3.63, 3.8) is 0 Å². The molecule has 2 heterocycles. The lowest BCUT2D eigenvalue weighted by Gasteiger charge is -2.16. The molecule has 0 unspecified atom stereocenters. The number of halogens is 1. The maximum absolute atomic E-state index is 12.8. The van der Waals surface area contributed by atoms with E-state index in [0.717, 1.165) is 23.5 Å². The van der Waals surface area contributed by atoms with Crippen LogP contribution in [0.25, 0.3) is 0 Å². The van der Waals surface area contributed by atoms with Crippen molar-refractivity contribution in [2.24, 2.45) is 0 Å². The molecular weight excluding hydrogens is 424 g/mol. The van der Waals surface area contributed by atoms with Gasteiger partial charge >= 0.3 is 0 Å². The number of non-ortho nitro benzene ring substituents is 1. The first kappa shape index (κ1) is 22.3. The van der Waals surface area contributed by atoms with Gasteiger partial charge in [-0.2, -0.15) is 10.2 Å². The standard InChI is InChI=1S/C20H23ClN6O4/c1-5-26-14(3)16(13(2)22-26)11-24(4)20(28)18-8-9-25(23-18)12-31-19-7-6-15(27(29)30)10-17(19)21/h6-10H,5,11-12H2,1-4H3. The Morgan fingerprint density at radius 2 is 2.03 bits per heavy atom. The van der Waals surface area contributed by atoms with E-state index in [0.29, 0.717) is 6.54 Å². The summed E-state index contributed by atoms with van der Waals surface area (Å²) in [6.45, 7) is 7.15. The minimum absolute atomic E-state index is 0.00396. The van der Waals surface area contributed by atoms with E-state index in [1.54, 1.807) is 24.2 Å². The van der Waals surface area contributed by atoms with Crippen molar-refractivity contribution in [1.82, 2.24) is 24.5 Å². The van der Waals surface area contributed by atoms with Crippen LogP contribution in [0.2, 0.25) is 5.02 Å². The van der Waals surface area contributed by atoms with Gasteiger partial charge < -0.3 is 9.64 Å². The van der Waals surface area contributed by atoms with Crippen LogP contribution in [0, 0.1) is 24.0 Å². The first-order valence-corrected chi connectivity index (χ1v) is 9.97. The summed E-state index contributed by atoms with van der Waals surface area (Å²) in [5.74, 6) is 0.0572. The van der Waals surface area contributed by atoms with Gasteiger partial charge in [0.1, 0.15) is 5.75 Å². The normalized spacial score (nSPS) is 10.9. The molecule has 0 spiro atoms. The molecule has 0 radical (unpaired) electrons. The summed E-state index contributed by atoms with van der Waals surface area (Å²) in [5.41, 5.74) is 3.12. The third-order valence-corrected chi connectivity index (χ3v) is 5.21. The molecule has 2 aromatic heterocycles. The van der Waals surface area contributed by atoms with Gasteiger partial charge in [0, 0.05) is 49.7 Å². The van der Waals surface area contributed by atoms with Gasteiger partial charge in [-0.15, -0.1) is 0 Å². The molecule has 0 fully saturated rings. The van der Waals surface area contributed by atoms with Crippen molar-refractivity contribution in [2.75, 3.05) is 7.05 Å². The Kier molecular flexibility index (Phi) is 6.59. The molecule has 0 atom stereocenters. The summed E-state index contributed by atoms with van der Waals surface area (Å²) in [6, 6.07) is 5.55. The van der Waals surface area contributed by atoms with Gasteiger partial charge in [-0.25, -0.2) is 4.68 Å². The lowest BCUT2D eigenvalue weighted by Crippen LogP contribution is -2.27. The Hall–Kier alpha value is -3.40. The minimum Gasteiger partial charge on any atom is -0.470 e. The van der Waals surface area contributed by atoms with Gasteiger partial charge in [0.05, 0.1) is 15.6 Å². The zero-order valence-electron chi connectivity index (χ0n) is 17.7. The molecule has 3 aromatic rings. The lowest BCUT2D eigenvalue weighted by molar-refractivity contribution is -0.384. The number of hydrogen-bond acceptors (Lipinski definition) is 6. The molecule has 1 amide bonds. The Morgan fingerprint density at radius 3 is 2.65 bits per heavy atom. The first-order chi connectivity index (χ1) is 14.7. The van der Waals surface area contributed by atoms with E-state index < -0.39 is 4.92 Å². The Balaban J connectivity index is 1.64. The number of rotatable bonds is 8. The van der Waals surface area contributed by atoms with Crippen molar-refractivity contribution < 1.29 is 14.5 Å². The van der Waals surface area contributed by atoms with Crippen molar-refractivity contribution in [1.29, 1.82) is 0 Å². The van der Waals surface area contributed by atoms with Gasteiger partial charge in [0.15, 0.2) is 12.4 Å². The second-order valence-electron chi connectivity index (χ2n) is 7.01. The van der Waals surface area contributed by atoms with Crippen LogP contribution in [0.5, 0.6) is 5.75 Å². The van der Waals surface area contributed by atoms with Crippen molar-refractivity contribution >= 4 is 23.2 Å². The first-order valence-electron chi connectivity index (χ1n) is 9.59. The summed E-state index contributed by atoms with van der Waals surface area (Å²) < 4.78 is 8.93. The fourth-order valence-corrected chi connectivity index (χ4v) is 3.41. The van der Waals surface area contributed by atoms with Crippen LogP contribution in [0.15, 0.2) is 30.5 Å². The van der Waals surface area contributed by atoms with E-state index in [1.807, 2.05) is 25.5 Å². The number of amides is 1. The molecule has 0 saturated carbocycles. The van der Waals surface area contributed by atoms with Crippen LogP contribution < -0.4 is 4.74 Å². The number of hydrogen-bond donors (Lipinski definition) is 0. The van der Waals surface area contributed by atoms with Crippen LogP contribution in [-0.4, -0.2) is 42.3 Å². The molecule has 164 valence electrons. The van der Waals surface area contributed by atoms with Crippen LogP contribution in [-0.2, 0) is 19.8 Å². The van der Waals surface area contributed by atoms with E-state index in [9.17, 15) is 14.9 Å². The SMILES string of the molecule is CCn1nc(C)c(CN(C)C(=O)c2ccn(COc3ccc([N+](=O)[O-])cc3Cl)n2)c1C. The largest absolute Gasteiger partial charge is 0.470 e. The highest BCUT2D eigenvalue weighted by molar-refractivity contribution is 6.32. The van der Waals surface area contributed by atoms with Gasteiger partial charge in [-0.3, -0.25) is 19.6 Å². The number of ether oxygens (including phenoxy) is 1. The monoisotopic (exact) mass is 446 g/mol. The molecule has 0 saturated heterocycles. The number of carbonyl (C=O) groups is 1. The summed E-state index contributed by atoms with van der Waals surface area (Å²) in [6.07, 6.45) is 1.62. The van der Waals surface area contributed by atoms with E-state index in [1.165, 1.54) is 22.9 Å². The Labute approximate surface area is 184 Å². The molecule has 11 heteroatoms. The highest BCUT2D eigenvalue weighted by atomic mass is 35.5. The number of aromatic nitrogens is 4. The fourth-order valence-electron chi connectivity index (χ4n) is 3.18. The smallest absolute Gasteiger partial charge is 0.274 e. The molecule has 10 nitrogen and oxygen atoms in total. The predicted molar refractivity (Wildman–Crippen MR) is 114 cm³/mol. The fraction of sp³-hybridized carbons (Fsp3) is 0.350. The van der Waals surface area contributed by atoms with Crippen LogP contribution in [0.3, 0.4) is 0 Å². The number of benzene rings is 1. The molecule has 0 bridgehead atoms. The van der Waals surface area contributed by atoms with E-state index >= 15 is 0 Å². The third kappa shape index (κ3) is 4.85. The van der Waals surface area contributed by atoms with Crippen molar-refractivity contribution in [2.45, 2.75) is 40.6 Å². The van der Waals surface area contributed by atoms with Crippen molar-refractivity contribution in [3.05, 3.63) is 68.2 Å². The maximum atomic E-state index is 12.8. The second-order valence-corrected chi connectivity index (χ2v) is 7.42. The van der Waals surface area contributed by atoms with Crippen molar-refractivity contribution in [3.8, 4) is 5.75 Å². The number of nitro benzene ring substituents is 1. The Morgan fingerprint density at radius 1 is 1.29 bits per heavy atom. The van der Waals surface area contributed by atoms with E-state index in [-0.39, 0.29) is 34.8 Å². The molecule has 1 aromatic carbocycles. The van der Waals surface area contributed by atoms with Crippen LogP contribution in [0.1, 0.15) is 34.4 Å². The third-order valence-electron chi connectivity index (χ3n) is 4.91. The number of nitro groups is 1. The average Bonchev–Trinajstić information content (AvgIpc) is 3.31. The van der Waals surface area contributed by atoms with Crippen LogP contribution >= 0.6 is 11.6 Å². The topological polar surface area (TPSA) is 108 Å². The summed E-state index contributed by atoms with van der Waals surface area (Å²) >= 11 is 6.02. The second kappa shape index (κ2) is 9.17. The molecule has 0 aliphatic carbocycles. The number of nitrogens with zero attached hydrogens (tertiary/aromatic N) is 6. The minimum atomic E-state index is -0.534. The predicted octanol–water partition coefficient (Wildman–Crippen LogP) is 3.59. The van der Waals surface area contributed by atoms with E-state index in [4.69, 9.17) is 16.3 Å². The maximum Gasteiger partial charge on any atom is 0.274 e. The summed E-state index contributed by atoms with van der Waals surface area (Å²) in [4.78, 5) is 24.6. The van der Waals surface area contributed by atoms with Gasteiger partial charge in [-0.05, 0) is 32.9 Å². The zero-order chi connectivity index (χ0) is 22.7. The quantitative estimate of drug-likeness (QED) is 0.386. The van der Waals surface area contributed by atoms with Gasteiger partial charge in [0.2, 0.25) is 0 Å². The molecule has 0 aliphatic heterocycles. The molecule has 31 heavy (non-hydrogen) atoms. The van der Waals surface area contributed by atoms with Crippen LogP contribution in [0.4, 0.5) is 5.69 Å². The number of aryl methyl sites for hydroxylation is 2. The average molecular weight is 447 g/mol. The highest BCUT2D eigenvalue weighted by Gasteiger charge is 2.19. The number of carbonyl (C=O) groups excluding carboxylic acids is 1. The zero-order valence-corrected chi connectivity index (χ0v) is 18.5. The van der Waals surface area contributed by atoms with E-state index in [2.05, 4.69) is 10.2 Å². The van der Waals surface area contributed by atoms with Gasteiger partial charge in [0.25, 0.3) is 11.6 Å². The molecular formula is C20H23ClN6O4. The molecule has 0 N–H and O–H groups in total. The lowest BCUT2D eigenvalue weighted by atomic mass is 10.2. The molecule has 3 rings (SSSR count). The highest BCUT2D eigenvalue weighted by Crippen LogP contribution is 2.28.